The zero-order valence-electron chi connectivity index (χ0n) is 19.3. The molecule has 2 aromatic carbocycles. The van der Waals surface area contributed by atoms with E-state index in [1.54, 1.807) is 18.2 Å². The SMILES string of the molecule is CCC(CNC(=O)C1CCCN(Cc2nc(-c3ccc(Cl)cc3Cl)no2)C1)Cc1ccccc1. The van der Waals surface area contributed by atoms with Crippen molar-refractivity contribution in [1.82, 2.24) is 20.4 Å². The van der Waals surface area contributed by atoms with Gasteiger partial charge in [-0.2, -0.15) is 4.98 Å². The third-order valence-electron chi connectivity index (χ3n) is 6.38. The number of amides is 1. The van der Waals surface area contributed by atoms with E-state index in [-0.39, 0.29) is 11.8 Å². The van der Waals surface area contributed by atoms with Gasteiger partial charge >= 0.3 is 0 Å². The first-order chi connectivity index (χ1) is 16.5. The summed E-state index contributed by atoms with van der Waals surface area (Å²) in [6, 6.07) is 15.6. The second-order valence-corrected chi connectivity index (χ2v) is 9.76. The minimum Gasteiger partial charge on any atom is -0.356 e. The maximum Gasteiger partial charge on any atom is 0.241 e. The normalized spacial score (nSPS) is 17.4. The number of nitrogens with one attached hydrogen (secondary N) is 1. The molecule has 1 saturated heterocycles. The lowest BCUT2D eigenvalue weighted by Crippen LogP contribution is -2.43. The van der Waals surface area contributed by atoms with E-state index in [1.807, 2.05) is 6.07 Å². The predicted molar refractivity (Wildman–Crippen MR) is 135 cm³/mol. The van der Waals surface area contributed by atoms with Crippen molar-refractivity contribution in [1.29, 1.82) is 0 Å². The largest absolute Gasteiger partial charge is 0.356 e. The number of piperidine rings is 1. The highest BCUT2D eigenvalue weighted by atomic mass is 35.5. The van der Waals surface area contributed by atoms with Gasteiger partial charge in [0.25, 0.3) is 0 Å². The Bertz CT molecular complexity index is 1090. The van der Waals surface area contributed by atoms with E-state index in [1.165, 1.54) is 5.56 Å². The van der Waals surface area contributed by atoms with E-state index in [2.05, 4.69) is 51.5 Å². The zero-order chi connectivity index (χ0) is 23.9. The summed E-state index contributed by atoms with van der Waals surface area (Å²) in [6.07, 6.45) is 3.87. The number of aromatic nitrogens is 2. The van der Waals surface area contributed by atoms with E-state index in [0.717, 1.165) is 32.2 Å². The van der Waals surface area contributed by atoms with Crippen molar-refractivity contribution in [2.75, 3.05) is 19.6 Å². The summed E-state index contributed by atoms with van der Waals surface area (Å²) in [5.41, 5.74) is 1.99. The fraction of sp³-hybridized carbons (Fsp3) is 0.423. The lowest BCUT2D eigenvalue weighted by atomic mass is 9.95. The molecule has 1 fully saturated rings. The number of carbonyl (C=O) groups is 1. The summed E-state index contributed by atoms with van der Waals surface area (Å²) in [5.74, 6) is 1.48. The van der Waals surface area contributed by atoms with Gasteiger partial charge in [-0.1, -0.05) is 72.0 Å². The first kappa shape index (κ1) is 24.7. The van der Waals surface area contributed by atoms with Crippen molar-refractivity contribution < 1.29 is 9.32 Å². The summed E-state index contributed by atoms with van der Waals surface area (Å²) in [4.78, 5) is 19.6. The number of benzene rings is 2. The molecule has 1 N–H and O–H groups in total. The first-order valence-electron chi connectivity index (χ1n) is 11.8. The van der Waals surface area contributed by atoms with Crippen LogP contribution in [0.2, 0.25) is 10.0 Å². The molecular weight excluding hydrogens is 471 g/mol. The highest BCUT2D eigenvalue weighted by Crippen LogP contribution is 2.29. The molecule has 8 heteroatoms. The number of halogens is 2. The molecule has 34 heavy (non-hydrogen) atoms. The Morgan fingerprint density at radius 3 is 2.82 bits per heavy atom. The van der Waals surface area contributed by atoms with E-state index in [9.17, 15) is 4.79 Å². The van der Waals surface area contributed by atoms with Crippen LogP contribution in [0.4, 0.5) is 0 Å². The standard InChI is InChI=1S/C26H30Cl2N4O2/c1-2-18(13-19-7-4-3-5-8-19)15-29-26(33)20-9-6-12-32(16-20)17-24-30-25(31-34-24)22-11-10-21(27)14-23(22)28/h3-5,7-8,10-11,14,18,20H,2,6,9,12-13,15-17H2,1H3,(H,29,33). The van der Waals surface area contributed by atoms with Crippen LogP contribution in [0.1, 0.15) is 37.6 Å². The molecule has 1 aliphatic rings. The summed E-state index contributed by atoms with van der Waals surface area (Å²) in [6.45, 7) is 4.97. The fourth-order valence-electron chi connectivity index (χ4n) is 4.40. The van der Waals surface area contributed by atoms with Gasteiger partial charge in [0.1, 0.15) is 0 Å². The molecule has 6 nitrogen and oxygen atoms in total. The second-order valence-electron chi connectivity index (χ2n) is 8.92. The highest BCUT2D eigenvalue weighted by Gasteiger charge is 2.27. The van der Waals surface area contributed by atoms with Gasteiger partial charge in [-0.15, -0.1) is 0 Å². The number of carbonyl (C=O) groups excluding carboxylic acids is 1. The number of rotatable bonds is 9. The van der Waals surface area contributed by atoms with Crippen LogP contribution < -0.4 is 5.32 Å². The van der Waals surface area contributed by atoms with E-state index in [4.69, 9.17) is 27.7 Å². The van der Waals surface area contributed by atoms with E-state index in [0.29, 0.717) is 52.9 Å². The Balaban J connectivity index is 1.29. The Labute approximate surface area is 210 Å². The summed E-state index contributed by atoms with van der Waals surface area (Å²) in [5, 5.41) is 8.31. The molecule has 0 bridgehead atoms. The Morgan fingerprint density at radius 1 is 1.24 bits per heavy atom. The van der Waals surface area contributed by atoms with Crippen LogP contribution in [-0.4, -0.2) is 40.6 Å². The van der Waals surface area contributed by atoms with Crippen LogP contribution in [0.25, 0.3) is 11.4 Å². The van der Waals surface area contributed by atoms with Crippen LogP contribution in [0.5, 0.6) is 0 Å². The molecule has 1 aliphatic heterocycles. The molecule has 0 radical (unpaired) electrons. The van der Waals surface area contributed by atoms with Crippen molar-refractivity contribution in [3.05, 3.63) is 70.0 Å². The fourth-order valence-corrected chi connectivity index (χ4v) is 4.89. The van der Waals surface area contributed by atoms with Gasteiger partial charge in [0.05, 0.1) is 17.5 Å². The molecule has 2 unspecified atom stereocenters. The van der Waals surface area contributed by atoms with Gasteiger partial charge in [0, 0.05) is 23.7 Å². The second kappa shape index (κ2) is 11.8. The zero-order valence-corrected chi connectivity index (χ0v) is 20.9. The lowest BCUT2D eigenvalue weighted by molar-refractivity contribution is -0.127. The molecule has 3 aromatic rings. The average Bonchev–Trinajstić information content (AvgIpc) is 3.30. The number of hydrogen-bond donors (Lipinski definition) is 1. The minimum atomic E-state index is -0.0314. The molecule has 1 amide bonds. The van der Waals surface area contributed by atoms with Crippen molar-refractivity contribution in [2.45, 2.75) is 39.2 Å². The van der Waals surface area contributed by atoms with Gasteiger partial charge in [-0.25, -0.2) is 0 Å². The summed E-state index contributed by atoms with van der Waals surface area (Å²) >= 11 is 12.2. The molecule has 2 heterocycles. The molecule has 180 valence electrons. The van der Waals surface area contributed by atoms with Gasteiger partial charge in [-0.3, -0.25) is 9.69 Å². The van der Waals surface area contributed by atoms with E-state index >= 15 is 0 Å². The van der Waals surface area contributed by atoms with Gasteiger partial charge in [0.15, 0.2) is 0 Å². The lowest BCUT2D eigenvalue weighted by Gasteiger charge is -2.31. The van der Waals surface area contributed by atoms with Crippen molar-refractivity contribution in [2.24, 2.45) is 11.8 Å². The third-order valence-corrected chi connectivity index (χ3v) is 6.93. The first-order valence-corrected chi connectivity index (χ1v) is 12.6. The van der Waals surface area contributed by atoms with Gasteiger partial charge < -0.3 is 9.84 Å². The third kappa shape index (κ3) is 6.59. The Hall–Kier alpha value is -2.41. The van der Waals surface area contributed by atoms with Crippen molar-refractivity contribution in [3.8, 4) is 11.4 Å². The maximum absolute atomic E-state index is 12.9. The number of nitrogens with zero attached hydrogens (tertiary/aromatic N) is 3. The quantitative estimate of drug-likeness (QED) is 0.411. The topological polar surface area (TPSA) is 71.3 Å². The van der Waals surface area contributed by atoms with E-state index < -0.39 is 0 Å². The Kier molecular flexibility index (Phi) is 8.59. The smallest absolute Gasteiger partial charge is 0.241 e. The monoisotopic (exact) mass is 500 g/mol. The van der Waals surface area contributed by atoms with Crippen molar-refractivity contribution in [3.63, 3.8) is 0 Å². The van der Waals surface area contributed by atoms with Crippen LogP contribution in [0.3, 0.4) is 0 Å². The number of likely N-dealkylation sites (tertiary alicyclic amines) is 1. The maximum atomic E-state index is 12.9. The number of hydrogen-bond acceptors (Lipinski definition) is 5. The predicted octanol–water partition coefficient (Wildman–Crippen LogP) is 5.64. The van der Waals surface area contributed by atoms with Crippen molar-refractivity contribution >= 4 is 29.1 Å². The Morgan fingerprint density at radius 2 is 2.06 bits per heavy atom. The molecule has 2 atom stereocenters. The molecule has 4 rings (SSSR count). The van der Waals surface area contributed by atoms with Crippen LogP contribution in [0.15, 0.2) is 53.1 Å². The van der Waals surface area contributed by atoms with Gasteiger partial charge in [-0.05, 0) is 55.5 Å². The van der Waals surface area contributed by atoms with Gasteiger partial charge in [0.2, 0.25) is 17.6 Å². The highest BCUT2D eigenvalue weighted by molar-refractivity contribution is 6.36. The van der Waals surface area contributed by atoms with Crippen LogP contribution >= 0.6 is 23.2 Å². The minimum absolute atomic E-state index is 0.0314. The van der Waals surface area contributed by atoms with Crippen LogP contribution in [-0.2, 0) is 17.8 Å². The molecular formula is C26H30Cl2N4O2. The molecule has 0 aliphatic carbocycles. The molecule has 0 saturated carbocycles. The summed E-state index contributed by atoms with van der Waals surface area (Å²) in [7, 11) is 0. The summed E-state index contributed by atoms with van der Waals surface area (Å²) < 4.78 is 5.46. The van der Waals surface area contributed by atoms with Crippen LogP contribution in [0, 0.1) is 11.8 Å². The molecule has 0 spiro atoms. The molecule has 1 aromatic heterocycles. The average molecular weight is 501 g/mol.